The normalized spacial score (nSPS) is 15.3. The summed E-state index contributed by atoms with van der Waals surface area (Å²) in [5, 5.41) is 2.66. The minimum Gasteiger partial charge on any atom is -0.490 e. The average molecular weight is 372 g/mol. The molecule has 1 aliphatic heterocycles. The third-order valence-corrected chi connectivity index (χ3v) is 5.13. The van der Waals surface area contributed by atoms with Crippen molar-refractivity contribution >= 4 is 17.2 Å². The molecule has 1 aromatic carbocycles. The summed E-state index contributed by atoms with van der Waals surface area (Å²) in [5.41, 5.74) is 1.45. The molecule has 1 fully saturated rings. The number of benzene rings is 1. The minimum absolute atomic E-state index is 0.00742. The lowest BCUT2D eigenvalue weighted by Gasteiger charge is -2.33. The highest BCUT2D eigenvalue weighted by molar-refractivity contribution is 7.13. The predicted molar refractivity (Wildman–Crippen MR) is 106 cm³/mol. The molecule has 2 aromatic rings. The molecule has 6 heteroatoms. The maximum absolute atomic E-state index is 12.8. The van der Waals surface area contributed by atoms with Gasteiger partial charge in [-0.3, -0.25) is 9.69 Å². The molecule has 0 aliphatic carbocycles. The molecule has 0 N–H and O–H groups in total. The van der Waals surface area contributed by atoms with Crippen molar-refractivity contribution in [3.05, 3.63) is 48.0 Å². The van der Waals surface area contributed by atoms with Crippen molar-refractivity contribution in [3.8, 4) is 16.3 Å². The van der Waals surface area contributed by atoms with Crippen LogP contribution in [0.1, 0.15) is 24.3 Å². The van der Waals surface area contributed by atoms with E-state index in [1.807, 2.05) is 54.5 Å². The highest BCUT2D eigenvalue weighted by Crippen LogP contribution is 2.33. The van der Waals surface area contributed by atoms with Crippen molar-refractivity contribution in [2.24, 2.45) is 0 Å². The smallest absolute Gasteiger partial charge is 0.273 e. The molecule has 2 heterocycles. The predicted octanol–water partition coefficient (Wildman–Crippen LogP) is 3.54. The van der Waals surface area contributed by atoms with Crippen LogP contribution in [0.15, 0.2) is 42.3 Å². The Hall–Kier alpha value is -2.18. The molecule has 0 saturated carbocycles. The quantitative estimate of drug-likeness (QED) is 0.729. The van der Waals surface area contributed by atoms with Crippen LogP contribution in [0.2, 0.25) is 0 Å². The fourth-order valence-electron chi connectivity index (χ4n) is 2.97. The van der Waals surface area contributed by atoms with Crippen LogP contribution >= 0.6 is 11.3 Å². The Bertz CT molecular complexity index is 764. The molecule has 0 radical (unpaired) electrons. The van der Waals surface area contributed by atoms with Crippen molar-refractivity contribution in [2.45, 2.75) is 20.0 Å². The van der Waals surface area contributed by atoms with E-state index in [0.29, 0.717) is 5.69 Å². The van der Waals surface area contributed by atoms with Crippen molar-refractivity contribution < 1.29 is 9.53 Å². The molecule has 26 heavy (non-hydrogen) atoms. The van der Waals surface area contributed by atoms with Crippen LogP contribution in [0.25, 0.3) is 10.6 Å². The monoisotopic (exact) mass is 371 g/mol. The molecule has 1 aliphatic rings. The third kappa shape index (κ3) is 4.31. The largest absolute Gasteiger partial charge is 0.490 e. The topological polar surface area (TPSA) is 45.7 Å². The molecule has 1 aromatic heterocycles. The van der Waals surface area contributed by atoms with Gasteiger partial charge in [-0.2, -0.15) is 0 Å². The summed E-state index contributed by atoms with van der Waals surface area (Å²) in [4.78, 5) is 21.5. The zero-order chi connectivity index (χ0) is 18.5. The number of hydrogen-bond donors (Lipinski definition) is 0. The third-order valence-electron chi connectivity index (χ3n) is 4.25. The van der Waals surface area contributed by atoms with Gasteiger partial charge in [0, 0.05) is 38.1 Å². The van der Waals surface area contributed by atoms with Crippen LogP contribution < -0.4 is 4.74 Å². The molecule has 0 atom stereocenters. The van der Waals surface area contributed by atoms with E-state index >= 15 is 0 Å². The summed E-state index contributed by atoms with van der Waals surface area (Å²) >= 11 is 1.48. The summed E-state index contributed by atoms with van der Waals surface area (Å²) in [5.74, 6) is 0.807. The second-order valence-corrected chi connectivity index (χ2v) is 7.44. The molecular formula is C20H25N3O2S. The van der Waals surface area contributed by atoms with Crippen LogP contribution in [-0.4, -0.2) is 59.5 Å². The SMILES string of the molecule is C=CCN1CCN(C(=O)c2csc(-c3ccccc3OC(C)C)n2)CC1. The van der Waals surface area contributed by atoms with Gasteiger partial charge in [-0.15, -0.1) is 17.9 Å². The molecule has 1 saturated heterocycles. The number of amides is 1. The van der Waals surface area contributed by atoms with Crippen LogP contribution in [0, 0.1) is 0 Å². The van der Waals surface area contributed by atoms with E-state index in [4.69, 9.17) is 4.74 Å². The van der Waals surface area contributed by atoms with Crippen LogP contribution in [0.4, 0.5) is 0 Å². The first-order chi connectivity index (χ1) is 12.6. The van der Waals surface area contributed by atoms with Crippen molar-refractivity contribution in [3.63, 3.8) is 0 Å². The number of carbonyl (C=O) groups excluding carboxylic acids is 1. The maximum Gasteiger partial charge on any atom is 0.273 e. The first-order valence-electron chi connectivity index (χ1n) is 8.92. The summed E-state index contributed by atoms with van der Waals surface area (Å²) in [6, 6.07) is 7.84. The van der Waals surface area contributed by atoms with Gasteiger partial charge in [0.1, 0.15) is 16.5 Å². The molecule has 0 spiro atoms. The second-order valence-electron chi connectivity index (χ2n) is 6.58. The van der Waals surface area contributed by atoms with Crippen LogP contribution in [0.5, 0.6) is 5.75 Å². The first-order valence-corrected chi connectivity index (χ1v) is 9.80. The number of nitrogens with zero attached hydrogens (tertiary/aromatic N) is 3. The second kappa shape index (κ2) is 8.47. The van der Waals surface area contributed by atoms with Gasteiger partial charge >= 0.3 is 0 Å². The molecule has 3 rings (SSSR count). The van der Waals surface area contributed by atoms with Gasteiger partial charge in [-0.1, -0.05) is 18.2 Å². The number of aromatic nitrogens is 1. The van der Waals surface area contributed by atoms with Crippen molar-refractivity contribution in [1.82, 2.24) is 14.8 Å². The van der Waals surface area contributed by atoms with Gasteiger partial charge in [0.05, 0.1) is 11.7 Å². The molecule has 0 bridgehead atoms. The first kappa shape index (κ1) is 18.6. The van der Waals surface area contributed by atoms with Crippen LogP contribution in [0.3, 0.4) is 0 Å². The standard InChI is InChI=1S/C20H25N3O2S/c1-4-9-22-10-12-23(13-11-22)20(24)17-14-26-19(21-17)16-7-5-6-8-18(16)25-15(2)3/h4-8,14-15H,1,9-13H2,2-3H3. The van der Waals surface area contributed by atoms with Gasteiger partial charge in [0.2, 0.25) is 0 Å². The van der Waals surface area contributed by atoms with Gasteiger partial charge in [0.15, 0.2) is 0 Å². The summed E-state index contributed by atoms with van der Waals surface area (Å²) in [6.07, 6.45) is 1.99. The molecule has 138 valence electrons. The lowest BCUT2D eigenvalue weighted by Crippen LogP contribution is -2.48. The summed E-state index contributed by atoms with van der Waals surface area (Å²) in [6.45, 7) is 11.8. The molecule has 0 unspecified atom stereocenters. The Labute approximate surface area is 158 Å². The Balaban J connectivity index is 1.72. The van der Waals surface area contributed by atoms with E-state index in [9.17, 15) is 4.79 Å². The fraction of sp³-hybridized carbons (Fsp3) is 0.400. The molecule has 5 nitrogen and oxygen atoms in total. The number of para-hydroxylation sites is 1. The van der Waals surface area contributed by atoms with Crippen LogP contribution in [-0.2, 0) is 0 Å². The highest BCUT2D eigenvalue weighted by Gasteiger charge is 2.24. The van der Waals surface area contributed by atoms with Gasteiger partial charge in [0.25, 0.3) is 5.91 Å². The average Bonchev–Trinajstić information content (AvgIpc) is 3.12. The van der Waals surface area contributed by atoms with Crippen molar-refractivity contribution in [1.29, 1.82) is 0 Å². The number of rotatable bonds is 6. The molecular weight excluding hydrogens is 346 g/mol. The van der Waals surface area contributed by atoms with E-state index in [1.54, 1.807) is 0 Å². The minimum atomic E-state index is 0.00742. The summed E-state index contributed by atoms with van der Waals surface area (Å²) in [7, 11) is 0. The lowest BCUT2D eigenvalue weighted by molar-refractivity contribution is 0.0645. The lowest BCUT2D eigenvalue weighted by atomic mass is 10.2. The Morgan fingerprint density at radius 1 is 1.31 bits per heavy atom. The van der Waals surface area contributed by atoms with Crippen molar-refractivity contribution in [2.75, 3.05) is 32.7 Å². The Morgan fingerprint density at radius 2 is 2.04 bits per heavy atom. The number of piperazine rings is 1. The van der Waals surface area contributed by atoms with E-state index in [2.05, 4.69) is 16.5 Å². The number of ether oxygens (including phenoxy) is 1. The highest BCUT2D eigenvalue weighted by atomic mass is 32.1. The Morgan fingerprint density at radius 3 is 2.73 bits per heavy atom. The van der Waals surface area contributed by atoms with E-state index in [1.165, 1.54) is 11.3 Å². The van der Waals surface area contributed by atoms with Gasteiger partial charge in [-0.05, 0) is 26.0 Å². The number of carbonyl (C=O) groups is 1. The zero-order valence-corrected chi connectivity index (χ0v) is 16.2. The van der Waals surface area contributed by atoms with Gasteiger partial charge < -0.3 is 9.64 Å². The van der Waals surface area contributed by atoms with E-state index < -0.39 is 0 Å². The van der Waals surface area contributed by atoms with Gasteiger partial charge in [-0.25, -0.2) is 4.98 Å². The number of thiazole rings is 1. The van der Waals surface area contributed by atoms with E-state index in [0.717, 1.165) is 49.0 Å². The summed E-state index contributed by atoms with van der Waals surface area (Å²) < 4.78 is 5.88. The Kier molecular flexibility index (Phi) is 6.06. The maximum atomic E-state index is 12.8. The molecule has 1 amide bonds. The fourth-order valence-corrected chi connectivity index (χ4v) is 3.80. The van der Waals surface area contributed by atoms with E-state index in [-0.39, 0.29) is 12.0 Å². The zero-order valence-electron chi connectivity index (χ0n) is 15.4. The number of hydrogen-bond acceptors (Lipinski definition) is 5.